The third-order valence-electron chi connectivity index (χ3n) is 2.67. The lowest BCUT2D eigenvalue weighted by Crippen LogP contribution is -1.99. The average Bonchev–Trinajstić information content (AvgIpc) is 2.48. The van der Waals surface area contributed by atoms with Crippen LogP contribution in [0.5, 0.6) is 0 Å². The predicted molar refractivity (Wildman–Crippen MR) is 75.1 cm³/mol. The maximum absolute atomic E-state index is 12.7. The molecule has 0 heterocycles. The summed E-state index contributed by atoms with van der Waals surface area (Å²) in [6.07, 6.45) is 1.54. The maximum Gasteiger partial charge on any atom is 0.168 e. The molecule has 0 aromatic heterocycles. The van der Waals surface area contributed by atoms with Crippen LogP contribution >= 0.6 is 0 Å². The number of hydrogen-bond acceptors (Lipinski definition) is 3. The van der Waals surface area contributed by atoms with Gasteiger partial charge in [0.25, 0.3) is 0 Å². The zero-order valence-electron chi connectivity index (χ0n) is 10.8. The minimum absolute atomic E-state index is 0.125. The highest BCUT2D eigenvalue weighted by molar-refractivity contribution is 6.03. The molecule has 0 amide bonds. The minimum Gasteiger partial charge on any atom is -0.391 e. The standard InChI is InChI=1S/C16H14FNO2/c17-15-8-6-14(7-9-15)16(19)10-11-18-20-12-13-4-2-1-3-5-13/h1-9,11H,10,12H2/b18-11+. The third kappa shape index (κ3) is 4.31. The molecular weight excluding hydrogens is 257 g/mol. The number of ketones is 1. The van der Waals surface area contributed by atoms with Crippen LogP contribution in [-0.2, 0) is 11.4 Å². The van der Waals surface area contributed by atoms with Gasteiger partial charge in [-0.25, -0.2) is 4.39 Å². The zero-order chi connectivity index (χ0) is 14.2. The van der Waals surface area contributed by atoms with Crippen LogP contribution in [0.1, 0.15) is 22.3 Å². The summed E-state index contributed by atoms with van der Waals surface area (Å²) >= 11 is 0. The van der Waals surface area contributed by atoms with Gasteiger partial charge in [-0.05, 0) is 29.8 Å². The van der Waals surface area contributed by atoms with Crippen LogP contribution in [0.4, 0.5) is 4.39 Å². The van der Waals surface area contributed by atoms with Crippen LogP contribution in [0.3, 0.4) is 0 Å². The van der Waals surface area contributed by atoms with Gasteiger partial charge in [0.15, 0.2) is 5.78 Å². The van der Waals surface area contributed by atoms with Crippen molar-refractivity contribution in [2.45, 2.75) is 13.0 Å². The molecule has 20 heavy (non-hydrogen) atoms. The van der Waals surface area contributed by atoms with E-state index in [2.05, 4.69) is 5.16 Å². The minimum atomic E-state index is -0.360. The number of benzene rings is 2. The SMILES string of the molecule is O=C(C/C=N/OCc1ccccc1)c1ccc(F)cc1. The lowest BCUT2D eigenvalue weighted by atomic mass is 10.1. The fraction of sp³-hybridized carbons (Fsp3) is 0.125. The first-order valence-electron chi connectivity index (χ1n) is 6.22. The van der Waals surface area contributed by atoms with Crippen molar-refractivity contribution in [2.24, 2.45) is 5.16 Å². The van der Waals surface area contributed by atoms with Crippen molar-refractivity contribution >= 4 is 12.0 Å². The molecule has 2 aromatic carbocycles. The molecule has 2 rings (SSSR count). The van der Waals surface area contributed by atoms with Crippen LogP contribution in [0.25, 0.3) is 0 Å². The fourth-order valence-electron chi connectivity index (χ4n) is 1.61. The number of Topliss-reactive ketones (excluding diaryl/α,β-unsaturated/α-hetero) is 1. The Labute approximate surface area is 116 Å². The van der Waals surface area contributed by atoms with Crippen LogP contribution < -0.4 is 0 Å². The first kappa shape index (κ1) is 13.9. The zero-order valence-corrected chi connectivity index (χ0v) is 10.8. The summed E-state index contributed by atoms with van der Waals surface area (Å²) in [5, 5.41) is 3.73. The van der Waals surface area contributed by atoms with Gasteiger partial charge in [0.2, 0.25) is 0 Å². The molecule has 0 saturated heterocycles. The maximum atomic E-state index is 12.7. The van der Waals surface area contributed by atoms with E-state index in [-0.39, 0.29) is 18.0 Å². The van der Waals surface area contributed by atoms with Crippen molar-refractivity contribution in [3.05, 3.63) is 71.5 Å². The first-order chi connectivity index (χ1) is 9.75. The van der Waals surface area contributed by atoms with Gasteiger partial charge in [0.1, 0.15) is 12.4 Å². The normalized spacial score (nSPS) is 10.7. The van der Waals surface area contributed by atoms with E-state index in [1.54, 1.807) is 0 Å². The Morgan fingerprint density at radius 2 is 1.80 bits per heavy atom. The van der Waals surface area contributed by atoms with E-state index >= 15 is 0 Å². The molecule has 3 nitrogen and oxygen atoms in total. The van der Waals surface area contributed by atoms with Crippen LogP contribution in [0, 0.1) is 5.82 Å². The molecule has 0 bridgehead atoms. The van der Waals surface area contributed by atoms with E-state index < -0.39 is 0 Å². The van der Waals surface area contributed by atoms with Crippen molar-refractivity contribution in [1.29, 1.82) is 0 Å². The quantitative estimate of drug-likeness (QED) is 0.457. The van der Waals surface area contributed by atoms with Crippen molar-refractivity contribution in [3.63, 3.8) is 0 Å². The van der Waals surface area contributed by atoms with Gasteiger partial charge in [0, 0.05) is 12.0 Å². The van der Waals surface area contributed by atoms with Gasteiger partial charge < -0.3 is 4.84 Å². The Balaban J connectivity index is 1.76. The molecule has 0 unspecified atom stereocenters. The number of rotatable bonds is 6. The second kappa shape index (κ2) is 7.19. The molecule has 0 saturated carbocycles. The Morgan fingerprint density at radius 1 is 1.10 bits per heavy atom. The smallest absolute Gasteiger partial charge is 0.168 e. The highest BCUT2D eigenvalue weighted by Gasteiger charge is 2.03. The lowest BCUT2D eigenvalue weighted by Gasteiger charge is -1.99. The summed E-state index contributed by atoms with van der Waals surface area (Å²) in [6.45, 7) is 0.363. The summed E-state index contributed by atoms with van der Waals surface area (Å²) in [6, 6.07) is 15.0. The van der Waals surface area contributed by atoms with Crippen LogP contribution in [-0.4, -0.2) is 12.0 Å². The molecule has 0 fully saturated rings. The highest BCUT2D eigenvalue weighted by atomic mass is 19.1. The molecule has 0 aliphatic carbocycles. The van der Waals surface area contributed by atoms with Gasteiger partial charge in [-0.15, -0.1) is 0 Å². The molecule has 0 aliphatic rings. The molecule has 102 valence electrons. The van der Waals surface area contributed by atoms with Crippen LogP contribution in [0.15, 0.2) is 59.8 Å². The van der Waals surface area contributed by atoms with Crippen molar-refractivity contribution in [1.82, 2.24) is 0 Å². The summed E-state index contributed by atoms with van der Waals surface area (Å²) in [4.78, 5) is 16.8. The highest BCUT2D eigenvalue weighted by Crippen LogP contribution is 2.05. The topological polar surface area (TPSA) is 38.7 Å². The Hall–Kier alpha value is -2.49. The second-order valence-corrected chi connectivity index (χ2v) is 4.18. The lowest BCUT2D eigenvalue weighted by molar-refractivity contribution is 0.0996. The van der Waals surface area contributed by atoms with Gasteiger partial charge in [0.05, 0.1) is 6.21 Å². The Kier molecular flexibility index (Phi) is 5.00. The largest absolute Gasteiger partial charge is 0.391 e. The van der Waals surface area contributed by atoms with E-state index in [0.717, 1.165) is 5.56 Å². The van der Waals surface area contributed by atoms with Crippen molar-refractivity contribution in [2.75, 3.05) is 0 Å². The van der Waals surface area contributed by atoms with E-state index in [4.69, 9.17) is 4.84 Å². The van der Waals surface area contributed by atoms with Crippen molar-refractivity contribution < 1.29 is 14.0 Å². The Bertz CT molecular complexity index is 579. The van der Waals surface area contributed by atoms with Gasteiger partial charge in [-0.1, -0.05) is 35.5 Å². The molecule has 4 heteroatoms. The second-order valence-electron chi connectivity index (χ2n) is 4.18. The number of hydrogen-bond donors (Lipinski definition) is 0. The fourth-order valence-corrected chi connectivity index (χ4v) is 1.61. The number of carbonyl (C=O) groups excluding carboxylic acids is 1. The van der Waals surface area contributed by atoms with Gasteiger partial charge >= 0.3 is 0 Å². The number of halogens is 1. The molecule has 0 spiro atoms. The number of nitrogens with zero attached hydrogens (tertiary/aromatic N) is 1. The van der Waals surface area contributed by atoms with Gasteiger partial charge in [-0.3, -0.25) is 4.79 Å². The first-order valence-corrected chi connectivity index (χ1v) is 6.22. The summed E-state index contributed by atoms with van der Waals surface area (Å²) < 4.78 is 12.7. The van der Waals surface area contributed by atoms with Crippen LogP contribution in [0.2, 0.25) is 0 Å². The molecule has 0 aliphatic heterocycles. The van der Waals surface area contributed by atoms with Gasteiger partial charge in [-0.2, -0.15) is 0 Å². The molecule has 2 aromatic rings. The van der Waals surface area contributed by atoms with E-state index in [1.807, 2.05) is 30.3 Å². The third-order valence-corrected chi connectivity index (χ3v) is 2.67. The predicted octanol–water partition coefficient (Wildman–Crippen LogP) is 3.60. The van der Waals surface area contributed by atoms with E-state index in [0.29, 0.717) is 12.2 Å². The number of carbonyl (C=O) groups is 1. The average molecular weight is 271 g/mol. The molecule has 0 atom stereocenters. The molecular formula is C16H14FNO2. The number of oxime groups is 1. The van der Waals surface area contributed by atoms with E-state index in [9.17, 15) is 9.18 Å². The summed E-state index contributed by atoms with van der Waals surface area (Å²) in [5.41, 5.74) is 1.47. The summed E-state index contributed by atoms with van der Waals surface area (Å²) in [5.74, 6) is -0.488. The summed E-state index contributed by atoms with van der Waals surface area (Å²) in [7, 11) is 0. The monoisotopic (exact) mass is 271 g/mol. The van der Waals surface area contributed by atoms with Crippen molar-refractivity contribution in [3.8, 4) is 0 Å². The molecule has 0 N–H and O–H groups in total. The Morgan fingerprint density at radius 3 is 2.50 bits per heavy atom. The molecule has 0 radical (unpaired) electrons. The van der Waals surface area contributed by atoms with E-state index in [1.165, 1.54) is 30.5 Å².